The average molecular weight is 559 g/mol. The van der Waals surface area contributed by atoms with E-state index in [1.54, 1.807) is 24.3 Å². The summed E-state index contributed by atoms with van der Waals surface area (Å²) in [5, 5.41) is 16.1. The van der Waals surface area contributed by atoms with E-state index in [0.717, 1.165) is 42.4 Å². The second-order valence-electron chi connectivity index (χ2n) is 7.15. The van der Waals surface area contributed by atoms with E-state index < -0.39 is 39.9 Å². The van der Waals surface area contributed by atoms with Crippen LogP contribution in [-0.4, -0.2) is 48.9 Å². The third-order valence-electron chi connectivity index (χ3n) is 4.47. The van der Waals surface area contributed by atoms with Crippen LogP contribution < -0.4 is 11.5 Å². The topological polar surface area (TPSA) is 178 Å². The van der Waals surface area contributed by atoms with Crippen molar-refractivity contribution in [1.29, 1.82) is 0 Å². The summed E-state index contributed by atoms with van der Waals surface area (Å²) in [5.74, 6) is -4.48. The lowest BCUT2D eigenvalue weighted by Gasteiger charge is -2.11. The number of carbonyl (C=O) groups is 3. The monoisotopic (exact) mass is 558 g/mol. The molecule has 9 nitrogen and oxygen atoms in total. The highest BCUT2D eigenvalue weighted by Gasteiger charge is 2.38. The molecule has 0 radical (unpaired) electrons. The summed E-state index contributed by atoms with van der Waals surface area (Å²) < 4.78 is 55.1. The van der Waals surface area contributed by atoms with Gasteiger partial charge < -0.3 is 21.7 Å². The van der Waals surface area contributed by atoms with E-state index in [2.05, 4.69) is 0 Å². The average Bonchev–Trinajstić information content (AvgIpc) is 3.14. The molecule has 1 aliphatic carbocycles. The Balaban J connectivity index is 0.000000285. The maximum absolute atomic E-state index is 11.7. The van der Waals surface area contributed by atoms with Gasteiger partial charge in [-0.2, -0.15) is 13.2 Å². The van der Waals surface area contributed by atoms with E-state index in [4.69, 9.17) is 38.1 Å². The number of aryl methyl sites for hydroxylation is 1. The molecule has 1 heterocycles. The number of halogens is 4. The fourth-order valence-corrected chi connectivity index (χ4v) is 6.10. The van der Waals surface area contributed by atoms with Gasteiger partial charge in [-0.1, -0.05) is 29.8 Å². The molecule has 1 aromatic carbocycles. The second-order valence-corrected chi connectivity index (χ2v) is 10.6. The van der Waals surface area contributed by atoms with Gasteiger partial charge in [0, 0.05) is 16.2 Å². The molecule has 35 heavy (non-hydrogen) atoms. The van der Waals surface area contributed by atoms with Crippen LogP contribution in [-0.2, 0) is 32.3 Å². The van der Waals surface area contributed by atoms with Crippen LogP contribution in [0.4, 0.5) is 13.2 Å². The number of hydrogen-bond donors (Lipinski definition) is 4. The van der Waals surface area contributed by atoms with Gasteiger partial charge in [0.15, 0.2) is 9.84 Å². The minimum atomic E-state index is -5.08. The number of nitrogens with two attached hydrogens (primary N) is 2. The van der Waals surface area contributed by atoms with Crippen LogP contribution in [0.3, 0.4) is 0 Å². The normalized spacial score (nSPS) is 13.8. The van der Waals surface area contributed by atoms with Crippen LogP contribution in [0.25, 0.3) is 0 Å². The number of carboxylic acid groups (broad SMARTS) is 2. The molecule has 0 aliphatic heterocycles. The number of sulfone groups is 1. The van der Waals surface area contributed by atoms with Crippen molar-refractivity contribution in [1.82, 2.24) is 0 Å². The van der Waals surface area contributed by atoms with Crippen molar-refractivity contribution in [2.75, 3.05) is 6.26 Å². The Labute approximate surface area is 207 Å². The molecule has 0 spiro atoms. The Morgan fingerprint density at radius 1 is 1.11 bits per heavy atom. The molecule has 0 fully saturated rings. The zero-order valence-corrected chi connectivity index (χ0v) is 20.5. The summed E-state index contributed by atoms with van der Waals surface area (Å²) in [6.07, 6.45) is -0.326. The highest BCUT2D eigenvalue weighted by Crippen LogP contribution is 2.37. The second kappa shape index (κ2) is 12.3. The van der Waals surface area contributed by atoms with Gasteiger partial charge in [0.2, 0.25) is 0 Å². The molecule has 0 unspecified atom stereocenters. The molecule has 1 aliphatic rings. The van der Waals surface area contributed by atoms with Crippen molar-refractivity contribution in [3.63, 3.8) is 0 Å². The summed E-state index contributed by atoms with van der Waals surface area (Å²) in [6, 6.07) is 5.59. The Kier molecular flexibility index (Phi) is 10.7. The molecule has 1 aromatic heterocycles. The van der Waals surface area contributed by atoms with Crippen LogP contribution in [0.2, 0.25) is 5.02 Å². The number of alkyl halides is 3. The van der Waals surface area contributed by atoms with E-state index in [0.29, 0.717) is 10.6 Å². The Morgan fingerprint density at radius 2 is 1.63 bits per heavy atom. The van der Waals surface area contributed by atoms with Crippen LogP contribution in [0.5, 0.6) is 0 Å². The zero-order chi connectivity index (χ0) is 27.1. The molecule has 0 saturated carbocycles. The molecule has 15 heteroatoms. The molecule has 6 N–H and O–H groups in total. The van der Waals surface area contributed by atoms with Crippen molar-refractivity contribution in [2.45, 2.75) is 42.8 Å². The maximum Gasteiger partial charge on any atom is 0.490 e. The van der Waals surface area contributed by atoms with Gasteiger partial charge in [0.1, 0.15) is 10.9 Å². The third-order valence-corrected chi connectivity index (χ3v) is 7.44. The lowest BCUT2D eigenvalue weighted by molar-refractivity contribution is -0.192. The van der Waals surface area contributed by atoms with Crippen LogP contribution >= 0.6 is 22.9 Å². The fraction of sp³-hybridized carbons (Fsp3) is 0.350. The van der Waals surface area contributed by atoms with Gasteiger partial charge in [-0.25, -0.2) is 13.2 Å². The first-order chi connectivity index (χ1) is 16.0. The summed E-state index contributed by atoms with van der Waals surface area (Å²) >= 11 is 6.96. The minimum Gasteiger partial charge on any atom is -0.480 e. The highest BCUT2D eigenvalue weighted by molar-refractivity contribution is 7.91. The number of carboxylic acids is 2. The predicted molar refractivity (Wildman–Crippen MR) is 122 cm³/mol. The van der Waals surface area contributed by atoms with Crippen molar-refractivity contribution in [2.24, 2.45) is 11.5 Å². The highest BCUT2D eigenvalue weighted by atomic mass is 35.5. The zero-order valence-electron chi connectivity index (χ0n) is 18.1. The number of aliphatic carboxylic acids is 2. The lowest BCUT2D eigenvalue weighted by atomic mass is 9.99. The summed E-state index contributed by atoms with van der Waals surface area (Å²) in [6.45, 7) is 0. The lowest BCUT2D eigenvalue weighted by Crippen LogP contribution is -2.21. The number of primary amides is 1. The van der Waals surface area contributed by atoms with Crippen molar-refractivity contribution in [3.05, 3.63) is 50.2 Å². The van der Waals surface area contributed by atoms with Gasteiger partial charge >= 0.3 is 18.1 Å². The molecular formula is C20H22ClF3N2O7S2. The Morgan fingerprint density at radius 3 is 2.06 bits per heavy atom. The molecule has 0 saturated heterocycles. The smallest absolute Gasteiger partial charge is 0.480 e. The quantitative estimate of drug-likeness (QED) is 0.442. The first kappa shape index (κ1) is 30.4. The van der Waals surface area contributed by atoms with E-state index in [1.165, 1.54) is 11.3 Å². The van der Waals surface area contributed by atoms with E-state index in [1.807, 2.05) is 0 Å². The number of hydrogen-bond acceptors (Lipinski definition) is 7. The molecule has 194 valence electrons. The minimum absolute atomic E-state index is 0.180. The van der Waals surface area contributed by atoms with Crippen molar-refractivity contribution >= 4 is 50.6 Å². The Bertz CT molecular complexity index is 1200. The number of thiophene rings is 1. The summed E-state index contributed by atoms with van der Waals surface area (Å²) in [5.41, 5.74) is 11.8. The largest absolute Gasteiger partial charge is 0.490 e. The van der Waals surface area contributed by atoms with Gasteiger partial charge in [0.05, 0.1) is 4.90 Å². The predicted octanol–water partition coefficient (Wildman–Crippen LogP) is 3.19. The fourth-order valence-electron chi connectivity index (χ4n) is 2.95. The van der Waals surface area contributed by atoms with Crippen molar-refractivity contribution < 1.29 is 46.2 Å². The summed E-state index contributed by atoms with van der Waals surface area (Å²) in [7, 11) is -3.37. The number of rotatable bonds is 4. The number of carbonyl (C=O) groups excluding carboxylic acids is 1. The molecular weight excluding hydrogens is 537 g/mol. The van der Waals surface area contributed by atoms with Gasteiger partial charge in [0.25, 0.3) is 5.91 Å². The van der Waals surface area contributed by atoms with Gasteiger partial charge in [-0.3, -0.25) is 9.59 Å². The molecule has 0 bridgehead atoms. The molecule has 3 rings (SSSR count). The first-order valence-electron chi connectivity index (χ1n) is 9.65. The first-order valence-corrected chi connectivity index (χ1v) is 12.7. The van der Waals surface area contributed by atoms with Crippen LogP contribution in [0.1, 0.15) is 44.6 Å². The van der Waals surface area contributed by atoms with E-state index in [9.17, 15) is 31.2 Å². The SMILES string of the molecule is CS(=O)(=O)c1c(C(N)=O)sc2c1CCCC2.N[C@H](C(=O)O)c1ccccc1Cl.O=C(O)C(F)(F)F. The van der Waals surface area contributed by atoms with Crippen molar-refractivity contribution in [3.8, 4) is 0 Å². The summed E-state index contributed by atoms with van der Waals surface area (Å²) in [4.78, 5) is 32.0. The molecule has 1 atom stereocenters. The van der Waals surface area contributed by atoms with Crippen LogP contribution in [0, 0.1) is 0 Å². The van der Waals surface area contributed by atoms with E-state index in [-0.39, 0.29) is 9.77 Å². The molecule has 2 aromatic rings. The van der Waals surface area contributed by atoms with Crippen LogP contribution in [0.15, 0.2) is 29.2 Å². The standard InChI is InChI=1S/C10H13NO3S2.C8H8ClNO2.C2HF3O2/c1-16(13,14)9-6-4-2-3-5-7(6)15-8(9)10(11)12;9-6-4-2-1-3-5(6)7(10)8(11)12;3-2(4,5)1(6)7/h2-5H2,1H3,(H2,11,12);1-4,7H,10H2,(H,11,12);(H,6,7)/t;7-;/m.0./s1. The molecule has 1 amide bonds. The number of benzene rings is 1. The van der Waals surface area contributed by atoms with Gasteiger partial charge in [-0.15, -0.1) is 11.3 Å². The van der Waals surface area contributed by atoms with E-state index >= 15 is 0 Å². The maximum atomic E-state index is 11.7. The van der Waals surface area contributed by atoms with Gasteiger partial charge in [-0.05, 0) is 42.9 Å². The third kappa shape index (κ3) is 8.80. The number of amides is 1. The Hall–Kier alpha value is -2.68. The number of fused-ring (bicyclic) bond motifs is 1.